The lowest BCUT2D eigenvalue weighted by Gasteiger charge is -2.24. The van der Waals surface area contributed by atoms with E-state index in [1.807, 2.05) is 113 Å². The van der Waals surface area contributed by atoms with Crippen LogP contribution in [0.1, 0.15) is 49.9 Å². The fraction of sp³-hybridized carbons (Fsp3) is 0.231. The Bertz CT molecular complexity index is 2520. The molecule has 0 saturated carbocycles. The predicted molar refractivity (Wildman–Crippen MR) is 241 cm³/mol. The molecule has 6 aromatic rings. The minimum atomic E-state index is -0.529. The van der Waals surface area contributed by atoms with Crippen LogP contribution >= 0.6 is 0 Å². The molecule has 0 aromatic heterocycles. The van der Waals surface area contributed by atoms with Gasteiger partial charge in [0.25, 0.3) is 0 Å². The van der Waals surface area contributed by atoms with Crippen molar-refractivity contribution in [1.29, 1.82) is 0 Å². The first-order valence-corrected chi connectivity index (χ1v) is 20.3. The number of ether oxygens (including phenoxy) is 5. The number of hydrogen-bond acceptors (Lipinski definition) is 9. The van der Waals surface area contributed by atoms with Gasteiger partial charge in [0.1, 0.15) is 35.9 Å². The van der Waals surface area contributed by atoms with Crippen molar-refractivity contribution in [2.24, 2.45) is 0 Å². The highest BCUT2D eigenvalue weighted by molar-refractivity contribution is 6.10. The quantitative estimate of drug-likeness (QED) is 0.0362. The second-order valence-electron chi connectivity index (χ2n) is 15.1. The van der Waals surface area contributed by atoms with Gasteiger partial charge < -0.3 is 23.7 Å². The first kappa shape index (κ1) is 43.6. The maximum Gasteiger partial charge on any atom is 0.330 e. The summed E-state index contributed by atoms with van der Waals surface area (Å²) in [4.78, 5) is 49.5. The molecule has 0 N–H and O–H groups in total. The van der Waals surface area contributed by atoms with Crippen LogP contribution in [0.15, 0.2) is 136 Å². The van der Waals surface area contributed by atoms with E-state index in [2.05, 4.69) is 26.3 Å². The number of hydrogen-bond donors (Lipinski definition) is 0. The molecule has 0 bridgehead atoms. The lowest BCUT2D eigenvalue weighted by molar-refractivity contribution is -0.143. The average molecular weight is 819 g/mol. The van der Waals surface area contributed by atoms with Gasteiger partial charge in [-0.15, -0.1) is 0 Å². The van der Waals surface area contributed by atoms with Crippen LogP contribution in [0.3, 0.4) is 0 Å². The number of carbonyl (C=O) groups is 4. The van der Waals surface area contributed by atoms with Crippen molar-refractivity contribution in [2.45, 2.75) is 77.8 Å². The molecule has 61 heavy (non-hydrogen) atoms. The van der Waals surface area contributed by atoms with Gasteiger partial charge in [0, 0.05) is 60.8 Å². The zero-order valence-electron chi connectivity index (χ0n) is 35.0. The van der Waals surface area contributed by atoms with Crippen LogP contribution in [0.25, 0.3) is 43.1 Å². The topological polar surface area (TPSA) is 114 Å². The van der Waals surface area contributed by atoms with E-state index in [4.69, 9.17) is 23.7 Å². The van der Waals surface area contributed by atoms with Gasteiger partial charge in [-0.2, -0.15) is 0 Å². The Morgan fingerprint density at radius 2 is 0.672 bits per heavy atom. The summed E-state index contributed by atoms with van der Waals surface area (Å²) in [7, 11) is 0. The SMILES string of the molecule is C=CC(=O)OC(C)Cc1c2ccccc2c(CC(C)OC(=O)C=C)c2c(Oc3cccc4c(CC(C)OC(=O)C=C)c5ccccc5c(CC(C)OC(=O)C=C)c34)cccc12. The number of esters is 4. The molecule has 9 heteroatoms. The van der Waals surface area contributed by atoms with E-state index in [0.29, 0.717) is 37.2 Å². The third-order valence-corrected chi connectivity index (χ3v) is 10.6. The second kappa shape index (κ2) is 19.4. The summed E-state index contributed by atoms with van der Waals surface area (Å²) in [6.07, 6.45) is 4.05. The molecule has 0 aliphatic heterocycles. The zero-order valence-corrected chi connectivity index (χ0v) is 35.0. The highest BCUT2D eigenvalue weighted by Crippen LogP contribution is 2.45. The summed E-state index contributed by atoms with van der Waals surface area (Å²) in [5, 5.41) is 7.15. The van der Waals surface area contributed by atoms with Crippen molar-refractivity contribution in [3.05, 3.63) is 158 Å². The van der Waals surface area contributed by atoms with E-state index in [0.717, 1.165) is 89.6 Å². The molecule has 6 rings (SSSR count). The first-order chi connectivity index (χ1) is 29.4. The average Bonchev–Trinajstić information content (AvgIpc) is 3.25. The molecule has 0 aliphatic carbocycles. The van der Waals surface area contributed by atoms with Crippen molar-refractivity contribution in [1.82, 2.24) is 0 Å². The van der Waals surface area contributed by atoms with Crippen LogP contribution in [0, 0.1) is 0 Å². The number of rotatable bonds is 18. The summed E-state index contributed by atoms with van der Waals surface area (Å²) >= 11 is 0. The molecule has 0 fully saturated rings. The van der Waals surface area contributed by atoms with E-state index in [-0.39, 0.29) is 0 Å². The Morgan fingerprint density at radius 1 is 0.410 bits per heavy atom. The molecule has 0 spiro atoms. The molecule has 0 heterocycles. The Balaban J connectivity index is 1.64. The number of fused-ring (bicyclic) bond motifs is 4. The second-order valence-corrected chi connectivity index (χ2v) is 15.1. The van der Waals surface area contributed by atoms with Gasteiger partial charge in [0.05, 0.1) is 0 Å². The van der Waals surface area contributed by atoms with Crippen molar-refractivity contribution < 1.29 is 42.9 Å². The molecular weight excluding hydrogens is 769 g/mol. The maximum atomic E-state index is 12.4. The van der Waals surface area contributed by atoms with E-state index in [1.165, 1.54) is 0 Å². The maximum absolute atomic E-state index is 12.4. The molecule has 0 radical (unpaired) electrons. The Kier molecular flexibility index (Phi) is 13.8. The summed E-state index contributed by atoms with van der Waals surface area (Å²) in [5.74, 6) is -0.991. The molecule has 9 nitrogen and oxygen atoms in total. The fourth-order valence-corrected chi connectivity index (χ4v) is 8.22. The minimum Gasteiger partial charge on any atom is -0.459 e. The normalized spacial score (nSPS) is 13.1. The standard InChI is InChI=1S/C52H50O9/c1-9-47(53)57-31(5)27-41-35-19-13-15-21-37(35)43(29-33(7)59-49(55)11-3)51-39(41)23-17-25-45(51)61-46-26-18-24-40-42(28-32(6)58-48(54)10-2)36-20-14-16-22-38(36)44(52(40)46)30-34(8)60-50(56)12-4/h9-26,31-34H,1-4,27-30H2,5-8H3. The Morgan fingerprint density at radius 3 is 0.967 bits per heavy atom. The summed E-state index contributed by atoms with van der Waals surface area (Å²) in [6, 6.07) is 27.8. The highest BCUT2D eigenvalue weighted by atomic mass is 16.6. The van der Waals surface area contributed by atoms with Crippen LogP contribution < -0.4 is 4.74 Å². The van der Waals surface area contributed by atoms with Crippen LogP contribution in [-0.4, -0.2) is 48.3 Å². The van der Waals surface area contributed by atoms with Crippen molar-refractivity contribution >= 4 is 67.0 Å². The van der Waals surface area contributed by atoms with Gasteiger partial charge in [-0.1, -0.05) is 99.1 Å². The molecular formula is C52H50O9. The van der Waals surface area contributed by atoms with E-state index in [9.17, 15) is 19.2 Å². The van der Waals surface area contributed by atoms with Gasteiger partial charge in [0.2, 0.25) is 0 Å². The molecule has 6 aromatic carbocycles. The van der Waals surface area contributed by atoms with E-state index in [1.54, 1.807) is 0 Å². The lowest BCUT2D eigenvalue weighted by Crippen LogP contribution is -2.18. The Labute approximate surface area is 355 Å². The fourth-order valence-electron chi connectivity index (χ4n) is 8.22. The van der Waals surface area contributed by atoms with E-state index < -0.39 is 48.3 Å². The molecule has 0 amide bonds. The molecule has 0 saturated heterocycles. The van der Waals surface area contributed by atoms with Gasteiger partial charge >= 0.3 is 23.9 Å². The van der Waals surface area contributed by atoms with Gasteiger partial charge in [-0.25, -0.2) is 19.2 Å². The number of benzene rings is 6. The summed E-state index contributed by atoms with van der Waals surface area (Å²) in [6.45, 7) is 21.7. The minimum absolute atomic E-state index is 0.349. The largest absolute Gasteiger partial charge is 0.459 e. The monoisotopic (exact) mass is 818 g/mol. The first-order valence-electron chi connectivity index (χ1n) is 20.3. The van der Waals surface area contributed by atoms with Crippen molar-refractivity contribution in [2.75, 3.05) is 0 Å². The zero-order chi connectivity index (χ0) is 43.8. The molecule has 4 atom stereocenters. The molecule has 312 valence electrons. The van der Waals surface area contributed by atoms with Crippen molar-refractivity contribution in [3.63, 3.8) is 0 Å². The molecule has 0 aliphatic rings. The third kappa shape index (κ3) is 9.73. The summed E-state index contributed by atoms with van der Waals surface area (Å²) in [5.41, 5.74) is 3.71. The highest BCUT2D eigenvalue weighted by Gasteiger charge is 2.25. The lowest BCUT2D eigenvalue weighted by atomic mass is 9.86. The predicted octanol–water partition coefficient (Wildman–Crippen LogP) is 10.7. The smallest absolute Gasteiger partial charge is 0.330 e. The summed E-state index contributed by atoms with van der Waals surface area (Å²) < 4.78 is 30.0. The van der Waals surface area contributed by atoms with Crippen LogP contribution in [-0.2, 0) is 63.8 Å². The van der Waals surface area contributed by atoms with Crippen LogP contribution in [0.4, 0.5) is 0 Å². The third-order valence-electron chi connectivity index (χ3n) is 10.6. The van der Waals surface area contributed by atoms with Crippen molar-refractivity contribution in [3.8, 4) is 11.5 Å². The van der Waals surface area contributed by atoms with Gasteiger partial charge in [-0.3, -0.25) is 0 Å². The van der Waals surface area contributed by atoms with E-state index >= 15 is 0 Å². The Hall–Kier alpha value is -7.00. The molecule has 4 unspecified atom stereocenters. The van der Waals surface area contributed by atoms with Gasteiger partial charge in [-0.05, 0) is 94.4 Å². The number of carbonyl (C=O) groups excluding carboxylic acids is 4. The van der Waals surface area contributed by atoms with Gasteiger partial charge in [0.15, 0.2) is 0 Å². The van der Waals surface area contributed by atoms with Crippen LogP contribution in [0.2, 0.25) is 0 Å². The van der Waals surface area contributed by atoms with Crippen LogP contribution in [0.5, 0.6) is 11.5 Å².